The molecule has 1 unspecified atom stereocenters. The Morgan fingerprint density at radius 1 is 1.24 bits per heavy atom. The highest BCUT2D eigenvalue weighted by molar-refractivity contribution is 8.00. The average molecular weight is 371 g/mol. The highest BCUT2D eigenvalue weighted by Crippen LogP contribution is 2.27. The molecule has 6 nitrogen and oxygen atoms in total. The van der Waals surface area contributed by atoms with Crippen LogP contribution in [-0.4, -0.2) is 28.0 Å². The molecule has 1 aromatic carbocycles. The van der Waals surface area contributed by atoms with E-state index in [2.05, 4.69) is 20.3 Å². The Balaban J connectivity index is 1.92. The van der Waals surface area contributed by atoms with E-state index in [-0.39, 0.29) is 17.1 Å². The van der Waals surface area contributed by atoms with Gasteiger partial charge in [0, 0.05) is 11.1 Å². The maximum absolute atomic E-state index is 12.2. The summed E-state index contributed by atoms with van der Waals surface area (Å²) >= 11 is 1.14. The number of hydrogen-bond acceptors (Lipinski definition) is 6. The van der Waals surface area contributed by atoms with E-state index in [1.807, 2.05) is 20.8 Å². The third-order valence-corrected chi connectivity index (χ3v) is 3.98. The Morgan fingerprint density at radius 2 is 1.88 bits per heavy atom. The SMILES string of the molecule is CC(Sc1nnc(C(C)(C)C)o1)C(=O)Nc1ccc(OC(F)F)cc1. The Hall–Kier alpha value is -2.16. The predicted molar refractivity (Wildman–Crippen MR) is 90.0 cm³/mol. The Kier molecular flexibility index (Phi) is 5.99. The van der Waals surface area contributed by atoms with Crippen LogP contribution in [0.2, 0.25) is 0 Å². The molecule has 9 heteroatoms. The van der Waals surface area contributed by atoms with E-state index in [1.165, 1.54) is 24.3 Å². The van der Waals surface area contributed by atoms with E-state index in [9.17, 15) is 13.6 Å². The summed E-state index contributed by atoms with van der Waals surface area (Å²) in [5.74, 6) is 0.247. The van der Waals surface area contributed by atoms with Crippen molar-refractivity contribution in [3.8, 4) is 5.75 Å². The van der Waals surface area contributed by atoms with E-state index in [0.29, 0.717) is 16.8 Å². The van der Waals surface area contributed by atoms with Crippen molar-refractivity contribution in [3.05, 3.63) is 30.2 Å². The lowest BCUT2D eigenvalue weighted by molar-refractivity contribution is -0.115. The molecule has 0 radical (unpaired) electrons. The summed E-state index contributed by atoms with van der Waals surface area (Å²) in [4.78, 5) is 12.2. The van der Waals surface area contributed by atoms with E-state index < -0.39 is 11.9 Å². The van der Waals surface area contributed by atoms with Gasteiger partial charge in [0.25, 0.3) is 5.22 Å². The first-order chi connectivity index (χ1) is 11.6. The molecule has 0 fully saturated rings. The summed E-state index contributed by atoms with van der Waals surface area (Å²) in [5.41, 5.74) is 0.208. The van der Waals surface area contributed by atoms with Crippen LogP contribution in [0.5, 0.6) is 5.75 Å². The number of thioether (sulfide) groups is 1. The van der Waals surface area contributed by atoms with Crippen molar-refractivity contribution >= 4 is 23.4 Å². The standard InChI is InChI=1S/C16H19F2N3O3S/c1-9(25-15-21-20-13(24-15)16(2,3)4)12(22)19-10-5-7-11(8-6-10)23-14(17)18/h5-9,14H,1-4H3,(H,19,22). The maximum atomic E-state index is 12.2. The van der Waals surface area contributed by atoms with E-state index in [0.717, 1.165) is 11.8 Å². The molecular weight excluding hydrogens is 352 g/mol. The van der Waals surface area contributed by atoms with Crippen molar-refractivity contribution in [2.24, 2.45) is 0 Å². The molecule has 1 aromatic heterocycles. The summed E-state index contributed by atoms with van der Waals surface area (Å²) in [5, 5.41) is 10.4. The average Bonchev–Trinajstić information content (AvgIpc) is 2.97. The third kappa shape index (κ3) is 5.70. The van der Waals surface area contributed by atoms with Crippen LogP contribution in [0.4, 0.5) is 14.5 Å². The van der Waals surface area contributed by atoms with Crippen molar-refractivity contribution in [1.29, 1.82) is 0 Å². The second-order valence-corrected chi connectivity index (χ2v) is 7.57. The number of anilines is 1. The van der Waals surface area contributed by atoms with Crippen LogP contribution >= 0.6 is 11.8 Å². The first kappa shape index (κ1) is 19.2. The highest BCUT2D eigenvalue weighted by Gasteiger charge is 2.24. The molecular formula is C16H19F2N3O3S. The Labute approximate surface area is 148 Å². The predicted octanol–water partition coefficient (Wildman–Crippen LogP) is 4.09. The molecule has 1 atom stereocenters. The van der Waals surface area contributed by atoms with Crippen molar-refractivity contribution in [1.82, 2.24) is 10.2 Å². The number of rotatable bonds is 6. The summed E-state index contributed by atoms with van der Waals surface area (Å²) in [6.45, 7) is 4.67. The highest BCUT2D eigenvalue weighted by atomic mass is 32.2. The van der Waals surface area contributed by atoms with Gasteiger partial charge in [-0.05, 0) is 31.2 Å². The zero-order valence-corrected chi connectivity index (χ0v) is 15.1. The van der Waals surface area contributed by atoms with Crippen molar-refractivity contribution in [2.75, 3.05) is 5.32 Å². The topological polar surface area (TPSA) is 77.2 Å². The molecule has 136 valence electrons. The number of hydrogen-bond donors (Lipinski definition) is 1. The van der Waals surface area contributed by atoms with Crippen LogP contribution < -0.4 is 10.1 Å². The smallest absolute Gasteiger partial charge is 0.387 e. The van der Waals surface area contributed by atoms with E-state index in [4.69, 9.17) is 4.42 Å². The molecule has 25 heavy (non-hydrogen) atoms. The van der Waals surface area contributed by atoms with E-state index >= 15 is 0 Å². The van der Waals surface area contributed by atoms with Gasteiger partial charge in [-0.25, -0.2) is 0 Å². The normalized spacial score (nSPS) is 12.9. The lowest BCUT2D eigenvalue weighted by atomic mass is 9.97. The largest absolute Gasteiger partial charge is 0.435 e. The molecule has 0 spiro atoms. The molecule has 2 rings (SSSR count). The summed E-state index contributed by atoms with van der Waals surface area (Å²) in [6, 6.07) is 5.68. The fourth-order valence-electron chi connectivity index (χ4n) is 1.73. The molecule has 0 aliphatic heterocycles. The van der Waals surface area contributed by atoms with Gasteiger partial charge in [0.05, 0.1) is 5.25 Å². The minimum atomic E-state index is -2.88. The number of nitrogens with zero attached hydrogens (tertiary/aromatic N) is 2. The van der Waals surface area contributed by atoms with Gasteiger partial charge in [0.2, 0.25) is 11.8 Å². The first-order valence-corrected chi connectivity index (χ1v) is 8.39. The third-order valence-electron chi connectivity index (χ3n) is 3.04. The molecule has 0 aliphatic rings. The second-order valence-electron chi connectivity index (χ2n) is 6.28. The van der Waals surface area contributed by atoms with Gasteiger partial charge in [0.1, 0.15) is 5.75 Å². The fourth-order valence-corrected chi connectivity index (χ4v) is 2.41. The maximum Gasteiger partial charge on any atom is 0.387 e. The van der Waals surface area contributed by atoms with Crippen LogP contribution in [0, 0.1) is 0 Å². The van der Waals surface area contributed by atoms with Gasteiger partial charge in [0.15, 0.2) is 0 Å². The van der Waals surface area contributed by atoms with Crippen LogP contribution in [0.25, 0.3) is 0 Å². The van der Waals surface area contributed by atoms with E-state index in [1.54, 1.807) is 6.92 Å². The number of carbonyl (C=O) groups is 1. The summed E-state index contributed by atoms with van der Waals surface area (Å²) in [6.07, 6.45) is 0. The molecule has 2 aromatic rings. The lowest BCUT2D eigenvalue weighted by Crippen LogP contribution is -2.22. The first-order valence-electron chi connectivity index (χ1n) is 7.51. The monoisotopic (exact) mass is 371 g/mol. The minimum Gasteiger partial charge on any atom is -0.435 e. The lowest BCUT2D eigenvalue weighted by Gasteiger charge is -2.12. The number of alkyl halides is 2. The molecule has 0 bridgehead atoms. The zero-order chi connectivity index (χ0) is 18.6. The number of halogens is 2. The molecule has 0 aliphatic carbocycles. The van der Waals surface area contributed by atoms with Gasteiger partial charge in [-0.2, -0.15) is 8.78 Å². The van der Waals surface area contributed by atoms with Crippen LogP contribution in [0.3, 0.4) is 0 Å². The molecule has 1 amide bonds. The van der Waals surface area contributed by atoms with Gasteiger partial charge in [-0.3, -0.25) is 4.79 Å². The number of ether oxygens (including phenoxy) is 1. The zero-order valence-electron chi connectivity index (χ0n) is 14.2. The van der Waals surface area contributed by atoms with Crippen LogP contribution in [-0.2, 0) is 10.2 Å². The van der Waals surface area contributed by atoms with Gasteiger partial charge < -0.3 is 14.5 Å². The summed E-state index contributed by atoms with van der Waals surface area (Å²) in [7, 11) is 0. The van der Waals surface area contributed by atoms with Gasteiger partial charge in [-0.15, -0.1) is 10.2 Å². The van der Waals surface area contributed by atoms with Crippen molar-refractivity contribution in [2.45, 2.75) is 50.2 Å². The number of aromatic nitrogens is 2. The number of benzene rings is 1. The van der Waals surface area contributed by atoms with Gasteiger partial charge in [-0.1, -0.05) is 32.5 Å². The Morgan fingerprint density at radius 3 is 2.40 bits per heavy atom. The van der Waals surface area contributed by atoms with Crippen molar-refractivity contribution in [3.63, 3.8) is 0 Å². The quantitative estimate of drug-likeness (QED) is 0.771. The summed E-state index contributed by atoms with van der Waals surface area (Å²) < 4.78 is 34.0. The minimum absolute atomic E-state index is 0.0241. The molecule has 0 saturated heterocycles. The number of nitrogens with one attached hydrogen (secondary N) is 1. The van der Waals surface area contributed by atoms with Crippen molar-refractivity contribution < 1.29 is 22.7 Å². The molecule has 1 N–H and O–H groups in total. The second kappa shape index (κ2) is 7.81. The molecule has 1 heterocycles. The van der Waals surface area contributed by atoms with Crippen LogP contribution in [0.1, 0.15) is 33.6 Å². The van der Waals surface area contributed by atoms with Gasteiger partial charge >= 0.3 is 6.61 Å². The Bertz CT molecular complexity index is 714. The number of carbonyl (C=O) groups excluding carboxylic acids is 1. The molecule has 0 saturated carbocycles. The fraction of sp³-hybridized carbons (Fsp3) is 0.438. The van der Waals surface area contributed by atoms with Crippen LogP contribution in [0.15, 0.2) is 33.9 Å². The number of amides is 1.